The highest BCUT2D eigenvalue weighted by Gasteiger charge is 2.16. The number of rotatable bonds is 6. The lowest BCUT2D eigenvalue weighted by Gasteiger charge is -2.06. The summed E-state index contributed by atoms with van der Waals surface area (Å²) in [5.74, 6) is 0.164. The topological polar surface area (TPSA) is 90.1 Å². The van der Waals surface area contributed by atoms with Crippen LogP contribution in [0.2, 0.25) is 0 Å². The molecule has 0 saturated heterocycles. The summed E-state index contributed by atoms with van der Waals surface area (Å²) in [5, 5.41) is 14.3. The van der Waals surface area contributed by atoms with Crippen molar-refractivity contribution in [3.63, 3.8) is 0 Å². The molecule has 2 heterocycles. The van der Waals surface area contributed by atoms with Gasteiger partial charge in [-0.1, -0.05) is 17.3 Å². The lowest BCUT2D eigenvalue weighted by atomic mass is 10.1. The molecule has 0 aliphatic heterocycles. The van der Waals surface area contributed by atoms with Gasteiger partial charge in [0, 0.05) is 18.2 Å². The van der Waals surface area contributed by atoms with Crippen LogP contribution >= 0.6 is 0 Å². The average Bonchev–Trinajstić information content (AvgIpc) is 3.01. The number of benzene rings is 1. The van der Waals surface area contributed by atoms with Crippen molar-refractivity contribution in [3.8, 4) is 17.1 Å². The van der Waals surface area contributed by atoms with E-state index < -0.39 is 0 Å². The van der Waals surface area contributed by atoms with Gasteiger partial charge in [-0.25, -0.2) is 4.39 Å². The van der Waals surface area contributed by atoms with Crippen molar-refractivity contribution in [2.75, 3.05) is 6.54 Å². The highest BCUT2D eigenvalue weighted by molar-refractivity contribution is 5.91. The minimum Gasteiger partial charge on any atom is -0.472 e. The van der Waals surface area contributed by atoms with Crippen LogP contribution < -0.4 is 10.1 Å². The number of ether oxygens (including phenoxy) is 1. The zero-order valence-electron chi connectivity index (χ0n) is 14.3. The summed E-state index contributed by atoms with van der Waals surface area (Å²) >= 11 is 0. The van der Waals surface area contributed by atoms with E-state index in [1.807, 2.05) is 6.92 Å². The summed E-state index contributed by atoms with van der Waals surface area (Å²) < 4.78 is 24.3. The van der Waals surface area contributed by atoms with Gasteiger partial charge in [-0.05, 0) is 32.0 Å². The van der Waals surface area contributed by atoms with E-state index in [-0.39, 0.29) is 29.9 Å². The van der Waals surface area contributed by atoms with Gasteiger partial charge in [0.15, 0.2) is 5.69 Å². The molecule has 7 nitrogen and oxygen atoms in total. The first-order valence-corrected chi connectivity index (χ1v) is 8.04. The minimum absolute atomic E-state index is 0.121. The first-order valence-electron chi connectivity index (χ1n) is 8.04. The summed E-state index contributed by atoms with van der Waals surface area (Å²) in [7, 11) is 0. The third-order valence-corrected chi connectivity index (χ3v) is 3.66. The van der Waals surface area contributed by atoms with E-state index >= 15 is 0 Å². The minimum atomic E-state index is -0.359. The van der Waals surface area contributed by atoms with Gasteiger partial charge in [-0.3, -0.25) is 4.79 Å². The molecule has 0 atom stereocenters. The molecule has 2 aromatic heterocycles. The third kappa shape index (κ3) is 3.85. The normalized spacial score (nSPS) is 10.6. The van der Waals surface area contributed by atoms with E-state index in [2.05, 4.69) is 20.7 Å². The molecule has 3 aromatic rings. The molecule has 1 amide bonds. The fraction of sp³-hybridized carbons (Fsp3) is 0.222. The molecule has 1 N–H and O–H groups in total. The molecule has 3 rings (SSSR count). The molecule has 0 radical (unpaired) electrons. The van der Waals surface area contributed by atoms with Crippen molar-refractivity contribution in [2.24, 2.45) is 0 Å². The predicted molar refractivity (Wildman–Crippen MR) is 91.0 cm³/mol. The Morgan fingerprint density at radius 3 is 2.81 bits per heavy atom. The molecule has 26 heavy (non-hydrogen) atoms. The van der Waals surface area contributed by atoms with Crippen LogP contribution in [0.4, 0.5) is 4.39 Å². The molecule has 0 aliphatic rings. The SMILES string of the molecule is CCNC(=O)c1ccc(OCc2c(-c3cccc(F)c3)noc2C)nn1. The lowest BCUT2D eigenvalue weighted by molar-refractivity contribution is 0.0949. The molecular weight excluding hydrogens is 339 g/mol. The number of nitrogens with zero attached hydrogens (tertiary/aromatic N) is 3. The molecule has 0 saturated carbocycles. The number of carbonyl (C=O) groups is 1. The number of amides is 1. The zero-order chi connectivity index (χ0) is 18.5. The summed E-state index contributed by atoms with van der Waals surface area (Å²) in [6.07, 6.45) is 0. The van der Waals surface area contributed by atoms with E-state index in [0.29, 0.717) is 29.1 Å². The number of aromatic nitrogens is 3. The van der Waals surface area contributed by atoms with Crippen molar-refractivity contribution < 1.29 is 18.4 Å². The fourth-order valence-electron chi connectivity index (χ4n) is 2.34. The van der Waals surface area contributed by atoms with Crippen LogP contribution in [0, 0.1) is 12.7 Å². The number of aryl methyl sites for hydroxylation is 1. The van der Waals surface area contributed by atoms with Gasteiger partial charge in [-0.15, -0.1) is 10.2 Å². The highest BCUT2D eigenvalue weighted by atomic mass is 19.1. The molecule has 0 aliphatic carbocycles. The van der Waals surface area contributed by atoms with Crippen LogP contribution in [0.15, 0.2) is 40.9 Å². The summed E-state index contributed by atoms with van der Waals surface area (Å²) in [4.78, 5) is 11.7. The Balaban J connectivity index is 1.74. The van der Waals surface area contributed by atoms with Crippen LogP contribution in [0.1, 0.15) is 28.7 Å². The number of hydrogen-bond acceptors (Lipinski definition) is 6. The molecular formula is C18H17FN4O3. The average molecular weight is 356 g/mol. The molecule has 0 spiro atoms. The predicted octanol–water partition coefficient (Wildman–Crippen LogP) is 2.91. The molecule has 0 unspecified atom stereocenters. The lowest BCUT2D eigenvalue weighted by Crippen LogP contribution is -2.23. The zero-order valence-corrected chi connectivity index (χ0v) is 14.3. The fourth-order valence-corrected chi connectivity index (χ4v) is 2.34. The number of hydrogen-bond donors (Lipinski definition) is 1. The highest BCUT2D eigenvalue weighted by Crippen LogP contribution is 2.26. The van der Waals surface area contributed by atoms with Gasteiger partial charge in [0.2, 0.25) is 5.88 Å². The Morgan fingerprint density at radius 1 is 1.27 bits per heavy atom. The Kier molecular flexibility index (Phi) is 5.21. The summed E-state index contributed by atoms with van der Waals surface area (Å²) in [5.41, 5.74) is 2.00. The van der Waals surface area contributed by atoms with Gasteiger partial charge in [-0.2, -0.15) is 0 Å². The maximum absolute atomic E-state index is 13.5. The Labute approximate surface area is 149 Å². The smallest absolute Gasteiger partial charge is 0.271 e. The van der Waals surface area contributed by atoms with Crippen molar-refractivity contribution in [3.05, 3.63) is 59.2 Å². The molecule has 0 bridgehead atoms. The van der Waals surface area contributed by atoms with Crippen molar-refractivity contribution in [1.82, 2.24) is 20.7 Å². The van der Waals surface area contributed by atoms with E-state index in [9.17, 15) is 9.18 Å². The Morgan fingerprint density at radius 2 is 2.12 bits per heavy atom. The Hall–Kier alpha value is -3.29. The first kappa shape index (κ1) is 17.5. The second-order valence-electron chi connectivity index (χ2n) is 5.48. The van der Waals surface area contributed by atoms with Crippen LogP contribution in [-0.4, -0.2) is 27.8 Å². The quantitative estimate of drug-likeness (QED) is 0.730. The maximum Gasteiger partial charge on any atom is 0.271 e. The van der Waals surface area contributed by atoms with Crippen LogP contribution in [0.25, 0.3) is 11.3 Å². The van der Waals surface area contributed by atoms with Gasteiger partial charge in [0.25, 0.3) is 5.91 Å². The van der Waals surface area contributed by atoms with Gasteiger partial charge >= 0.3 is 0 Å². The van der Waals surface area contributed by atoms with Gasteiger partial charge in [0.05, 0.1) is 5.56 Å². The van der Waals surface area contributed by atoms with Crippen LogP contribution in [-0.2, 0) is 6.61 Å². The van der Waals surface area contributed by atoms with E-state index in [1.165, 1.54) is 18.2 Å². The standard InChI is InChI=1S/C18H17FN4O3/c1-3-20-18(24)15-7-8-16(22-21-15)25-10-14-11(2)26-23-17(14)12-5-4-6-13(19)9-12/h4-9H,3,10H2,1-2H3,(H,20,24). The largest absolute Gasteiger partial charge is 0.472 e. The van der Waals surface area contributed by atoms with Crippen LogP contribution in [0.3, 0.4) is 0 Å². The van der Waals surface area contributed by atoms with Crippen molar-refractivity contribution in [2.45, 2.75) is 20.5 Å². The second-order valence-corrected chi connectivity index (χ2v) is 5.48. The van der Waals surface area contributed by atoms with Crippen LogP contribution in [0.5, 0.6) is 5.88 Å². The van der Waals surface area contributed by atoms with E-state index in [1.54, 1.807) is 25.1 Å². The summed E-state index contributed by atoms with van der Waals surface area (Å²) in [6, 6.07) is 9.17. The maximum atomic E-state index is 13.5. The molecule has 134 valence electrons. The van der Waals surface area contributed by atoms with E-state index in [4.69, 9.17) is 9.26 Å². The molecule has 1 aromatic carbocycles. The number of nitrogens with one attached hydrogen (secondary N) is 1. The van der Waals surface area contributed by atoms with E-state index in [0.717, 1.165) is 0 Å². The third-order valence-electron chi connectivity index (χ3n) is 3.66. The number of carbonyl (C=O) groups excluding carboxylic acids is 1. The first-order chi connectivity index (χ1) is 12.6. The van der Waals surface area contributed by atoms with Gasteiger partial charge in [0.1, 0.15) is 23.9 Å². The number of halogens is 1. The van der Waals surface area contributed by atoms with Gasteiger partial charge < -0.3 is 14.6 Å². The molecule has 0 fully saturated rings. The Bertz CT molecular complexity index is 909. The van der Waals surface area contributed by atoms with Crippen molar-refractivity contribution in [1.29, 1.82) is 0 Å². The second kappa shape index (κ2) is 7.73. The summed E-state index contributed by atoms with van der Waals surface area (Å²) in [6.45, 7) is 4.20. The molecule has 8 heteroatoms. The van der Waals surface area contributed by atoms with Crippen molar-refractivity contribution >= 4 is 5.91 Å². The monoisotopic (exact) mass is 356 g/mol.